The molecule has 3 heteroatoms. The third kappa shape index (κ3) is 4.14. The molecular formula is C18H20O3. The zero-order valence-corrected chi connectivity index (χ0v) is 12.0. The lowest BCUT2D eigenvalue weighted by Crippen LogP contribution is -2.29. The van der Waals surface area contributed by atoms with Crippen molar-refractivity contribution in [3.63, 3.8) is 0 Å². The van der Waals surface area contributed by atoms with Gasteiger partial charge >= 0.3 is 0 Å². The fourth-order valence-corrected chi connectivity index (χ4v) is 2.38. The fraction of sp³-hybridized carbons (Fsp3) is 0.333. The van der Waals surface area contributed by atoms with Crippen LogP contribution in [0.15, 0.2) is 60.7 Å². The van der Waals surface area contributed by atoms with Crippen molar-refractivity contribution >= 4 is 0 Å². The standard InChI is InChI=1S/C18H20O3/c1-3-7-15(8-4-1)11-20-17-13-19-14-18(17)21-12-16-9-5-2-6-10-16/h1-10,17-18H,11-14H2/t17-,18+. The van der Waals surface area contributed by atoms with Crippen LogP contribution in [-0.4, -0.2) is 25.4 Å². The summed E-state index contributed by atoms with van der Waals surface area (Å²) in [7, 11) is 0. The van der Waals surface area contributed by atoms with Crippen molar-refractivity contribution in [3.8, 4) is 0 Å². The molecule has 0 aromatic heterocycles. The van der Waals surface area contributed by atoms with Crippen LogP contribution < -0.4 is 0 Å². The Bertz CT molecular complexity index is 477. The summed E-state index contributed by atoms with van der Waals surface area (Å²) in [6.45, 7) is 2.40. The van der Waals surface area contributed by atoms with Crippen LogP contribution in [0.1, 0.15) is 11.1 Å². The molecule has 0 bridgehead atoms. The minimum absolute atomic E-state index is 0.00826. The second-order valence-corrected chi connectivity index (χ2v) is 5.21. The molecule has 1 aliphatic heterocycles. The first kappa shape index (κ1) is 14.3. The van der Waals surface area contributed by atoms with Gasteiger partial charge in [0.1, 0.15) is 12.2 Å². The molecule has 0 spiro atoms. The molecule has 2 aromatic rings. The zero-order valence-electron chi connectivity index (χ0n) is 12.0. The lowest BCUT2D eigenvalue weighted by molar-refractivity contribution is -0.0591. The number of rotatable bonds is 6. The van der Waals surface area contributed by atoms with Crippen LogP contribution in [0.25, 0.3) is 0 Å². The first-order valence-electron chi connectivity index (χ1n) is 7.30. The Hall–Kier alpha value is -1.68. The van der Waals surface area contributed by atoms with Crippen molar-refractivity contribution in [1.82, 2.24) is 0 Å². The van der Waals surface area contributed by atoms with Gasteiger partial charge in [-0.2, -0.15) is 0 Å². The first-order chi connectivity index (χ1) is 10.4. The van der Waals surface area contributed by atoms with Gasteiger partial charge in [0.2, 0.25) is 0 Å². The maximum atomic E-state index is 5.94. The van der Waals surface area contributed by atoms with Crippen LogP contribution in [0, 0.1) is 0 Å². The van der Waals surface area contributed by atoms with Gasteiger partial charge in [0.15, 0.2) is 0 Å². The van der Waals surface area contributed by atoms with E-state index < -0.39 is 0 Å². The third-order valence-electron chi connectivity index (χ3n) is 3.59. The van der Waals surface area contributed by atoms with E-state index in [1.165, 1.54) is 11.1 Å². The van der Waals surface area contributed by atoms with Gasteiger partial charge < -0.3 is 14.2 Å². The average Bonchev–Trinajstić information content (AvgIpc) is 3.00. The van der Waals surface area contributed by atoms with E-state index in [-0.39, 0.29) is 12.2 Å². The van der Waals surface area contributed by atoms with Crippen LogP contribution in [0.2, 0.25) is 0 Å². The fourth-order valence-electron chi connectivity index (χ4n) is 2.38. The van der Waals surface area contributed by atoms with Crippen molar-refractivity contribution in [2.75, 3.05) is 13.2 Å². The summed E-state index contributed by atoms with van der Waals surface area (Å²) in [6, 6.07) is 20.4. The quantitative estimate of drug-likeness (QED) is 0.815. The predicted molar refractivity (Wildman–Crippen MR) is 80.9 cm³/mol. The van der Waals surface area contributed by atoms with Gasteiger partial charge in [-0.3, -0.25) is 0 Å². The van der Waals surface area contributed by atoms with Gasteiger partial charge in [-0.15, -0.1) is 0 Å². The van der Waals surface area contributed by atoms with Gasteiger partial charge in [-0.05, 0) is 11.1 Å². The first-order valence-corrected chi connectivity index (χ1v) is 7.30. The molecule has 1 fully saturated rings. The Kier molecular flexibility index (Phi) is 5.00. The van der Waals surface area contributed by atoms with Crippen LogP contribution in [-0.2, 0) is 27.4 Å². The van der Waals surface area contributed by atoms with E-state index in [1.807, 2.05) is 36.4 Å². The smallest absolute Gasteiger partial charge is 0.110 e. The van der Waals surface area contributed by atoms with Crippen molar-refractivity contribution in [2.45, 2.75) is 25.4 Å². The van der Waals surface area contributed by atoms with E-state index in [0.717, 1.165) is 0 Å². The van der Waals surface area contributed by atoms with Crippen molar-refractivity contribution in [3.05, 3.63) is 71.8 Å². The number of ether oxygens (including phenoxy) is 3. The van der Waals surface area contributed by atoms with E-state index >= 15 is 0 Å². The van der Waals surface area contributed by atoms with Gasteiger partial charge in [0.05, 0.1) is 26.4 Å². The summed E-state index contributed by atoms with van der Waals surface area (Å²) in [5.41, 5.74) is 2.34. The van der Waals surface area contributed by atoms with E-state index in [0.29, 0.717) is 26.4 Å². The van der Waals surface area contributed by atoms with Crippen molar-refractivity contribution in [2.24, 2.45) is 0 Å². The summed E-state index contributed by atoms with van der Waals surface area (Å²) in [4.78, 5) is 0. The Morgan fingerprint density at radius 2 is 1.14 bits per heavy atom. The molecule has 1 saturated heterocycles. The zero-order chi connectivity index (χ0) is 14.3. The van der Waals surface area contributed by atoms with Gasteiger partial charge in [0, 0.05) is 0 Å². The van der Waals surface area contributed by atoms with Crippen LogP contribution in [0.3, 0.4) is 0 Å². The molecule has 0 unspecified atom stereocenters. The Morgan fingerprint density at radius 3 is 1.57 bits per heavy atom. The molecule has 0 aliphatic carbocycles. The normalized spacial score (nSPS) is 21.5. The maximum Gasteiger partial charge on any atom is 0.110 e. The molecule has 0 radical (unpaired) electrons. The topological polar surface area (TPSA) is 27.7 Å². The monoisotopic (exact) mass is 284 g/mol. The Balaban J connectivity index is 1.49. The Morgan fingerprint density at radius 1 is 0.714 bits per heavy atom. The summed E-state index contributed by atoms with van der Waals surface area (Å²) >= 11 is 0. The predicted octanol–water partition coefficient (Wildman–Crippen LogP) is 3.19. The highest BCUT2D eigenvalue weighted by Crippen LogP contribution is 2.17. The van der Waals surface area contributed by atoms with Crippen LogP contribution in [0.5, 0.6) is 0 Å². The van der Waals surface area contributed by atoms with E-state index in [4.69, 9.17) is 14.2 Å². The van der Waals surface area contributed by atoms with Crippen LogP contribution in [0.4, 0.5) is 0 Å². The van der Waals surface area contributed by atoms with Crippen molar-refractivity contribution < 1.29 is 14.2 Å². The molecule has 1 aliphatic rings. The minimum Gasteiger partial charge on any atom is -0.376 e. The molecule has 110 valence electrons. The highest BCUT2D eigenvalue weighted by Gasteiger charge is 2.29. The summed E-state index contributed by atoms with van der Waals surface area (Å²) < 4.78 is 17.4. The molecular weight excluding hydrogens is 264 g/mol. The van der Waals surface area contributed by atoms with Crippen molar-refractivity contribution in [1.29, 1.82) is 0 Å². The molecule has 0 amide bonds. The highest BCUT2D eigenvalue weighted by atomic mass is 16.6. The third-order valence-corrected chi connectivity index (χ3v) is 3.59. The SMILES string of the molecule is c1ccc(CO[C@H]2COC[C@H]2OCc2ccccc2)cc1. The average molecular weight is 284 g/mol. The van der Waals surface area contributed by atoms with E-state index in [9.17, 15) is 0 Å². The molecule has 2 atom stereocenters. The summed E-state index contributed by atoms with van der Waals surface area (Å²) in [5.74, 6) is 0. The molecule has 0 saturated carbocycles. The summed E-state index contributed by atoms with van der Waals surface area (Å²) in [5, 5.41) is 0. The minimum atomic E-state index is 0.00826. The molecule has 3 nitrogen and oxygen atoms in total. The second kappa shape index (κ2) is 7.36. The lowest BCUT2D eigenvalue weighted by Gasteiger charge is -2.19. The highest BCUT2D eigenvalue weighted by molar-refractivity contribution is 5.14. The Labute approximate surface area is 125 Å². The largest absolute Gasteiger partial charge is 0.376 e. The number of benzene rings is 2. The summed E-state index contributed by atoms with van der Waals surface area (Å²) in [6.07, 6.45) is 0.0165. The second-order valence-electron chi connectivity index (χ2n) is 5.21. The van der Waals surface area contributed by atoms with Gasteiger partial charge in [0.25, 0.3) is 0 Å². The molecule has 0 N–H and O–H groups in total. The van der Waals surface area contributed by atoms with Gasteiger partial charge in [-0.25, -0.2) is 0 Å². The number of hydrogen-bond donors (Lipinski definition) is 0. The molecule has 2 aromatic carbocycles. The maximum absolute atomic E-state index is 5.94. The van der Waals surface area contributed by atoms with Crippen LogP contribution >= 0.6 is 0 Å². The molecule has 1 heterocycles. The van der Waals surface area contributed by atoms with Gasteiger partial charge in [-0.1, -0.05) is 60.7 Å². The van der Waals surface area contributed by atoms with E-state index in [1.54, 1.807) is 0 Å². The molecule has 3 rings (SSSR count). The number of hydrogen-bond acceptors (Lipinski definition) is 3. The van der Waals surface area contributed by atoms with E-state index in [2.05, 4.69) is 24.3 Å². The molecule has 21 heavy (non-hydrogen) atoms. The lowest BCUT2D eigenvalue weighted by atomic mass is 10.2.